The molecule has 0 spiro atoms. The lowest BCUT2D eigenvalue weighted by atomic mass is 10.0. The highest BCUT2D eigenvalue weighted by molar-refractivity contribution is 9.10. The van der Waals surface area contributed by atoms with Crippen molar-refractivity contribution in [2.24, 2.45) is 5.92 Å². The lowest BCUT2D eigenvalue weighted by molar-refractivity contribution is -0.130. The van der Waals surface area contributed by atoms with Crippen molar-refractivity contribution in [1.29, 1.82) is 0 Å². The summed E-state index contributed by atoms with van der Waals surface area (Å²) < 4.78 is 0.999. The Hall–Kier alpha value is -1.40. The largest absolute Gasteiger partial charge is 0.356 e. The Morgan fingerprint density at radius 3 is 2.83 bits per heavy atom. The zero-order valence-electron chi connectivity index (χ0n) is 14.2. The van der Waals surface area contributed by atoms with Crippen molar-refractivity contribution in [3.63, 3.8) is 0 Å². The molecule has 5 nitrogen and oxygen atoms in total. The molecule has 0 bridgehead atoms. The fourth-order valence-electron chi connectivity index (χ4n) is 2.85. The summed E-state index contributed by atoms with van der Waals surface area (Å²) >= 11 is 3.49. The maximum Gasteiger partial charge on any atom is 0.224 e. The van der Waals surface area contributed by atoms with Crippen LogP contribution in [0, 0.1) is 5.92 Å². The first-order chi connectivity index (χ1) is 11.6. The molecule has 1 aromatic rings. The average molecular weight is 396 g/mol. The van der Waals surface area contributed by atoms with Crippen LogP contribution >= 0.6 is 15.9 Å². The van der Waals surface area contributed by atoms with E-state index in [4.69, 9.17) is 0 Å². The van der Waals surface area contributed by atoms with E-state index in [0.29, 0.717) is 31.8 Å². The molecule has 1 aliphatic rings. The zero-order valence-corrected chi connectivity index (χ0v) is 15.8. The van der Waals surface area contributed by atoms with Gasteiger partial charge >= 0.3 is 0 Å². The first-order valence-electron chi connectivity index (χ1n) is 8.51. The Bertz CT molecular complexity index is 559. The summed E-state index contributed by atoms with van der Waals surface area (Å²) in [5.41, 5.74) is 1.07. The smallest absolute Gasteiger partial charge is 0.224 e. The number of benzene rings is 1. The Balaban J connectivity index is 1.63. The van der Waals surface area contributed by atoms with E-state index in [2.05, 4.69) is 26.6 Å². The van der Waals surface area contributed by atoms with Crippen molar-refractivity contribution >= 4 is 27.7 Å². The second kappa shape index (κ2) is 9.79. The van der Waals surface area contributed by atoms with Gasteiger partial charge in [-0.2, -0.15) is 0 Å². The van der Waals surface area contributed by atoms with Gasteiger partial charge in [0.1, 0.15) is 0 Å². The van der Waals surface area contributed by atoms with Crippen LogP contribution in [0.3, 0.4) is 0 Å². The normalized spacial score (nSPS) is 16.8. The first-order valence-corrected chi connectivity index (χ1v) is 9.30. The van der Waals surface area contributed by atoms with E-state index in [1.54, 1.807) is 11.9 Å². The molecule has 6 heteroatoms. The van der Waals surface area contributed by atoms with Gasteiger partial charge in [0.2, 0.25) is 11.8 Å². The third kappa shape index (κ3) is 6.24. The van der Waals surface area contributed by atoms with Gasteiger partial charge in [-0.15, -0.1) is 0 Å². The topological polar surface area (TPSA) is 61.4 Å². The molecule has 1 heterocycles. The summed E-state index contributed by atoms with van der Waals surface area (Å²) in [4.78, 5) is 25.7. The monoisotopic (exact) mass is 395 g/mol. The Morgan fingerprint density at radius 2 is 2.12 bits per heavy atom. The second-order valence-corrected chi connectivity index (χ2v) is 7.19. The molecule has 2 rings (SSSR count). The molecule has 1 saturated heterocycles. The van der Waals surface area contributed by atoms with Crippen molar-refractivity contribution in [3.8, 4) is 0 Å². The van der Waals surface area contributed by atoms with Crippen molar-refractivity contribution in [3.05, 3.63) is 34.3 Å². The Kier molecular flexibility index (Phi) is 7.72. The highest BCUT2D eigenvalue weighted by atomic mass is 79.9. The molecule has 2 N–H and O–H groups in total. The summed E-state index contributed by atoms with van der Waals surface area (Å²) in [5.74, 6) is 0.696. The van der Waals surface area contributed by atoms with Gasteiger partial charge < -0.3 is 15.5 Å². The zero-order chi connectivity index (χ0) is 17.4. The number of amides is 2. The van der Waals surface area contributed by atoms with Crippen LogP contribution in [-0.4, -0.2) is 43.4 Å². The van der Waals surface area contributed by atoms with E-state index in [9.17, 15) is 9.59 Å². The molecular weight excluding hydrogens is 370 g/mol. The summed E-state index contributed by atoms with van der Waals surface area (Å²) in [7, 11) is 1.79. The molecule has 132 valence electrons. The summed E-state index contributed by atoms with van der Waals surface area (Å²) in [6.07, 6.45) is 2.96. The SMILES string of the molecule is CN(Cc1ccccc1Br)C(=O)CCNC(=O)CCC1CCNC1. The number of carbonyl (C=O) groups is 2. The van der Waals surface area contributed by atoms with Gasteiger partial charge in [0.05, 0.1) is 0 Å². The van der Waals surface area contributed by atoms with Crippen LogP contribution in [0.15, 0.2) is 28.7 Å². The summed E-state index contributed by atoms with van der Waals surface area (Å²) in [6.45, 7) is 3.04. The van der Waals surface area contributed by atoms with Crippen molar-refractivity contribution in [1.82, 2.24) is 15.5 Å². The third-order valence-corrected chi connectivity index (χ3v) is 5.17. The van der Waals surface area contributed by atoms with Crippen LogP contribution in [0.1, 0.15) is 31.2 Å². The molecule has 1 atom stereocenters. The lowest BCUT2D eigenvalue weighted by Gasteiger charge is -2.18. The van der Waals surface area contributed by atoms with Gasteiger partial charge in [-0.1, -0.05) is 34.1 Å². The number of hydrogen-bond acceptors (Lipinski definition) is 3. The Morgan fingerprint density at radius 1 is 1.33 bits per heavy atom. The molecule has 0 aromatic heterocycles. The number of nitrogens with one attached hydrogen (secondary N) is 2. The Labute approximate surface area is 152 Å². The minimum absolute atomic E-state index is 0.0334. The molecule has 0 radical (unpaired) electrons. The van der Waals surface area contributed by atoms with Crippen molar-refractivity contribution < 1.29 is 9.59 Å². The molecule has 0 saturated carbocycles. The molecule has 1 fully saturated rings. The van der Waals surface area contributed by atoms with Crippen LogP contribution in [0.5, 0.6) is 0 Å². The van der Waals surface area contributed by atoms with Gasteiger partial charge in [0, 0.05) is 37.5 Å². The quantitative estimate of drug-likeness (QED) is 0.709. The van der Waals surface area contributed by atoms with E-state index < -0.39 is 0 Å². The highest BCUT2D eigenvalue weighted by Crippen LogP contribution is 2.17. The van der Waals surface area contributed by atoms with Crippen LogP contribution < -0.4 is 10.6 Å². The van der Waals surface area contributed by atoms with Gasteiger partial charge in [-0.05, 0) is 43.5 Å². The highest BCUT2D eigenvalue weighted by Gasteiger charge is 2.16. The van der Waals surface area contributed by atoms with E-state index >= 15 is 0 Å². The summed E-state index contributed by atoms with van der Waals surface area (Å²) in [6, 6.07) is 7.87. The lowest BCUT2D eigenvalue weighted by Crippen LogP contribution is -2.32. The maximum absolute atomic E-state index is 12.2. The predicted octanol–water partition coefficient (Wildman–Crippen LogP) is 2.30. The molecular formula is C18H26BrN3O2. The molecule has 1 unspecified atom stereocenters. The number of hydrogen-bond donors (Lipinski definition) is 2. The van der Waals surface area contributed by atoms with Gasteiger partial charge in [-0.25, -0.2) is 0 Å². The van der Waals surface area contributed by atoms with Gasteiger partial charge in [0.25, 0.3) is 0 Å². The average Bonchev–Trinajstić information content (AvgIpc) is 3.08. The van der Waals surface area contributed by atoms with Gasteiger partial charge in [-0.3, -0.25) is 9.59 Å². The van der Waals surface area contributed by atoms with Crippen LogP contribution in [0.4, 0.5) is 0 Å². The molecule has 1 aliphatic heterocycles. The van der Waals surface area contributed by atoms with E-state index in [0.717, 1.165) is 36.0 Å². The number of halogens is 1. The first kappa shape index (κ1) is 18.9. The molecule has 1 aromatic carbocycles. The third-order valence-electron chi connectivity index (χ3n) is 4.39. The van der Waals surface area contributed by atoms with Crippen LogP contribution in [-0.2, 0) is 16.1 Å². The second-order valence-electron chi connectivity index (χ2n) is 6.34. The van der Waals surface area contributed by atoms with E-state index in [-0.39, 0.29) is 11.8 Å². The predicted molar refractivity (Wildman–Crippen MR) is 98.5 cm³/mol. The van der Waals surface area contributed by atoms with Gasteiger partial charge in [0.15, 0.2) is 0 Å². The fourth-order valence-corrected chi connectivity index (χ4v) is 3.26. The van der Waals surface area contributed by atoms with Crippen molar-refractivity contribution in [2.75, 3.05) is 26.7 Å². The molecule has 24 heavy (non-hydrogen) atoms. The van der Waals surface area contributed by atoms with Crippen molar-refractivity contribution in [2.45, 2.75) is 32.2 Å². The standard InChI is InChI=1S/C18H26BrN3O2/c1-22(13-15-4-2-3-5-16(15)19)18(24)9-11-21-17(23)7-6-14-8-10-20-12-14/h2-5,14,20H,6-13H2,1H3,(H,21,23). The molecule has 2 amide bonds. The molecule has 0 aliphatic carbocycles. The number of nitrogens with zero attached hydrogens (tertiary/aromatic N) is 1. The van der Waals surface area contributed by atoms with E-state index in [1.165, 1.54) is 0 Å². The number of carbonyl (C=O) groups excluding carboxylic acids is 2. The van der Waals surface area contributed by atoms with Crippen LogP contribution in [0.2, 0.25) is 0 Å². The fraction of sp³-hybridized carbons (Fsp3) is 0.556. The summed E-state index contributed by atoms with van der Waals surface area (Å²) in [5, 5.41) is 6.16. The van der Waals surface area contributed by atoms with E-state index in [1.807, 2.05) is 24.3 Å². The minimum Gasteiger partial charge on any atom is -0.356 e. The maximum atomic E-state index is 12.2. The van der Waals surface area contributed by atoms with Crippen LogP contribution in [0.25, 0.3) is 0 Å². The minimum atomic E-state index is 0.0334. The number of rotatable bonds is 8.